The number of rotatable bonds is 1. The summed E-state index contributed by atoms with van der Waals surface area (Å²) in [5.41, 5.74) is 0. The van der Waals surface area contributed by atoms with Crippen molar-refractivity contribution in [3.63, 3.8) is 0 Å². The van der Waals surface area contributed by atoms with E-state index in [4.69, 9.17) is 0 Å². The lowest BCUT2D eigenvalue weighted by atomic mass is 10.2. The Labute approximate surface area is 84.4 Å². The maximum Gasteiger partial charge on any atom is 0.0356 e. The smallest absolute Gasteiger partial charge is 0.0356 e. The molecule has 0 saturated heterocycles. The number of thiophene rings is 1. The van der Waals surface area contributed by atoms with Gasteiger partial charge in [-0.25, -0.2) is 0 Å². The van der Waals surface area contributed by atoms with E-state index < -0.39 is 0 Å². The number of halogens is 1. The Bertz CT molecular complexity index is 403. The molecule has 0 N–H and O–H groups in total. The van der Waals surface area contributed by atoms with Crippen molar-refractivity contribution in [3.8, 4) is 0 Å². The van der Waals surface area contributed by atoms with Gasteiger partial charge >= 0.3 is 0 Å². The molecule has 1 aromatic heterocycles. The molecule has 12 heavy (non-hydrogen) atoms. The third-order valence-corrected chi connectivity index (χ3v) is 3.43. The first-order chi connectivity index (χ1) is 5.79. The standard InChI is InChI=1S/C10H8BrS/c1-2-9-5-7-3-4-8(11)6-10(7)12-9/h3-6H,1-2H2. The number of fused-ring (bicyclic) bond motifs is 1. The second-order valence-corrected chi connectivity index (χ2v) is 4.73. The van der Waals surface area contributed by atoms with E-state index in [2.05, 4.69) is 47.1 Å². The summed E-state index contributed by atoms with van der Waals surface area (Å²) in [4.78, 5) is 1.35. The largest absolute Gasteiger partial charge is 0.140 e. The molecule has 0 amide bonds. The highest BCUT2D eigenvalue weighted by atomic mass is 79.9. The molecule has 1 aromatic carbocycles. The molecule has 0 spiro atoms. The summed E-state index contributed by atoms with van der Waals surface area (Å²) < 4.78 is 2.48. The molecule has 2 rings (SSSR count). The summed E-state index contributed by atoms with van der Waals surface area (Å²) in [6.07, 6.45) is 0.886. The molecule has 0 nitrogen and oxygen atoms in total. The summed E-state index contributed by atoms with van der Waals surface area (Å²) in [7, 11) is 0. The van der Waals surface area contributed by atoms with Crippen molar-refractivity contribution in [2.45, 2.75) is 6.42 Å². The molecule has 2 aromatic rings. The van der Waals surface area contributed by atoms with Gasteiger partial charge in [0.1, 0.15) is 0 Å². The van der Waals surface area contributed by atoms with Crippen LogP contribution in [0.4, 0.5) is 0 Å². The van der Waals surface area contributed by atoms with Crippen LogP contribution in [0.3, 0.4) is 0 Å². The first-order valence-electron chi connectivity index (χ1n) is 3.77. The van der Waals surface area contributed by atoms with Gasteiger partial charge in [0, 0.05) is 14.0 Å². The van der Waals surface area contributed by atoms with E-state index >= 15 is 0 Å². The molecule has 1 heterocycles. The summed E-state index contributed by atoms with van der Waals surface area (Å²) in [5.74, 6) is 0. The molecular weight excluding hydrogens is 232 g/mol. The van der Waals surface area contributed by atoms with Gasteiger partial charge in [0.05, 0.1) is 0 Å². The zero-order chi connectivity index (χ0) is 8.55. The van der Waals surface area contributed by atoms with Crippen molar-refractivity contribution in [2.75, 3.05) is 0 Å². The summed E-state index contributed by atoms with van der Waals surface area (Å²) in [6, 6.07) is 8.57. The topological polar surface area (TPSA) is 0 Å². The minimum Gasteiger partial charge on any atom is -0.140 e. The minimum atomic E-state index is 0.886. The van der Waals surface area contributed by atoms with E-state index in [1.807, 2.05) is 11.3 Å². The van der Waals surface area contributed by atoms with E-state index in [9.17, 15) is 0 Å². The van der Waals surface area contributed by atoms with Crippen LogP contribution in [0, 0.1) is 6.92 Å². The van der Waals surface area contributed by atoms with Gasteiger partial charge in [0.15, 0.2) is 0 Å². The van der Waals surface area contributed by atoms with Gasteiger partial charge in [-0.3, -0.25) is 0 Å². The highest BCUT2D eigenvalue weighted by Crippen LogP contribution is 2.28. The van der Waals surface area contributed by atoms with Crippen molar-refractivity contribution < 1.29 is 0 Å². The minimum absolute atomic E-state index is 0.886. The van der Waals surface area contributed by atoms with Gasteiger partial charge in [-0.1, -0.05) is 22.0 Å². The summed E-state index contributed by atoms with van der Waals surface area (Å²) in [5, 5.41) is 1.32. The van der Waals surface area contributed by atoms with Crippen molar-refractivity contribution in [2.24, 2.45) is 0 Å². The Morgan fingerprint density at radius 1 is 1.33 bits per heavy atom. The molecule has 0 aliphatic heterocycles. The van der Waals surface area contributed by atoms with Crippen LogP contribution < -0.4 is 0 Å². The summed E-state index contributed by atoms with van der Waals surface area (Å²) in [6.45, 7) is 3.87. The van der Waals surface area contributed by atoms with Crippen LogP contribution in [-0.2, 0) is 6.42 Å². The highest BCUT2D eigenvalue weighted by molar-refractivity contribution is 9.10. The average Bonchev–Trinajstić information content (AvgIpc) is 2.46. The normalized spacial score (nSPS) is 10.8. The fourth-order valence-corrected chi connectivity index (χ4v) is 2.70. The molecule has 2 heteroatoms. The Morgan fingerprint density at radius 3 is 2.92 bits per heavy atom. The van der Waals surface area contributed by atoms with Crippen LogP contribution in [0.5, 0.6) is 0 Å². The van der Waals surface area contributed by atoms with Crippen LogP contribution in [-0.4, -0.2) is 0 Å². The zero-order valence-corrected chi connectivity index (χ0v) is 8.91. The van der Waals surface area contributed by atoms with Crippen LogP contribution in [0.2, 0.25) is 0 Å². The van der Waals surface area contributed by atoms with Gasteiger partial charge in [0.25, 0.3) is 0 Å². The molecule has 0 aliphatic rings. The lowest BCUT2D eigenvalue weighted by molar-refractivity contribution is 1.35. The van der Waals surface area contributed by atoms with Crippen LogP contribution in [0.25, 0.3) is 10.1 Å². The van der Waals surface area contributed by atoms with Gasteiger partial charge < -0.3 is 0 Å². The Hall–Kier alpha value is -0.340. The molecule has 0 unspecified atom stereocenters. The summed E-state index contributed by atoms with van der Waals surface area (Å²) >= 11 is 5.27. The zero-order valence-electron chi connectivity index (χ0n) is 6.51. The molecule has 0 bridgehead atoms. The lowest BCUT2D eigenvalue weighted by Crippen LogP contribution is -1.65. The maximum atomic E-state index is 3.87. The monoisotopic (exact) mass is 239 g/mol. The molecule has 0 saturated carbocycles. The van der Waals surface area contributed by atoms with Crippen molar-refractivity contribution in [3.05, 3.63) is 40.5 Å². The van der Waals surface area contributed by atoms with Crippen molar-refractivity contribution in [1.29, 1.82) is 0 Å². The van der Waals surface area contributed by atoms with Gasteiger partial charge in [-0.2, -0.15) is 0 Å². The predicted molar refractivity (Wildman–Crippen MR) is 58.6 cm³/mol. The molecule has 1 radical (unpaired) electrons. The Morgan fingerprint density at radius 2 is 2.17 bits per heavy atom. The third kappa shape index (κ3) is 1.41. The van der Waals surface area contributed by atoms with E-state index in [-0.39, 0.29) is 0 Å². The second kappa shape index (κ2) is 3.19. The van der Waals surface area contributed by atoms with Crippen molar-refractivity contribution in [1.82, 2.24) is 0 Å². The predicted octanol–water partition coefficient (Wildman–Crippen LogP) is 4.04. The Balaban J connectivity index is 2.67. The first kappa shape index (κ1) is 8.27. The molecule has 0 aliphatic carbocycles. The third-order valence-electron chi connectivity index (χ3n) is 1.78. The van der Waals surface area contributed by atoms with Gasteiger partial charge in [-0.05, 0) is 36.9 Å². The number of benzene rings is 1. The van der Waals surface area contributed by atoms with E-state index in [0.29, 0.717) is 0 Å². The maximum absolute atomic E-state index is 3.87. The number of hydrogen-bond acceptors (Lipinski definition) is 1. The van der Waals surface area contributed by atoms with Crippen LogP contribution in [0.15, 0.2) is 28.7 Å². The van der Waals surface area contributed by atoms with E-state index in [0.717, 1.165) is 10.9 Å². The van der Waals surface area contributed by atoms with Gasteiger partial charge in [-0.15, -0.1) is 11.3 Å². The van der Waals surface area contributed by atoms with E-state index in [1.54, 1.807) is 0 Å². The van der Waals surface area contributed by atoms with Crippen molar-refractivity contribution >= 4 is 37.4 Å². The average molecular weight is 240 g/mol. The Kier molecular flexibility index (Phi) is 2.20. The molecule has 0 fully saturated rings. The van der Waals surface area contributed by atoms with E-state index in [1.165, 1.54) is 15.0 Å². The fourth-order valence-electron chi connectivity index (χ4n) is 1.18. The highest BCUT2D eigenvalue weighted by Gasteiger charge is 1.99. The van der Waals surface area contributed by atoms with Crippen LogP contribution in [0.1, 0.15) is 4.88 Å². The SMILES string of the molecule is [CH2]Cc1cc2ccc(Br)cc2s1. The quantitative estimate of drug-likeness (QED) is 0.705. The fraction of sp³-hybridized carbons (Fsp3) is 0.100. The molecular formula is C10H8BrS. The first-order valence-corrected chi connectivity index (χ1v) is 5.38. The lowest BCUT2D eigenvalue weighted by Gasteiger charge is -1.88. The molecule has 0 atom stereocenters. The van der Waals surface area contributed by atoms with Crippen LogP contribution >= 0.6 is 27.3 Å². The molecule has 61 valence electrons. The second-order valence-electron chi connectivity index (χ2n) is 2.64. The van der Waals surface area contributed by atoms with Gasteiger partial charge in [0.2, 0.25) is 0 Å². The number of hydrogen-bond donors (Lipinski definition) is 0.